The molecule has 27 heavy (non-hydrogen) atoms. The molecule has 0 saturated heterocycles. The Hall–Kier alpha value is -2.22. The van der Waals surface area contributed by atoms with Gasteiger partial charge in [0.2, 0.25) is 12.7 Å². The van der Waals surface area contributed by atoms with Crippen molar-refractivity contribution in [3.63, 3.8) is 0 Å². The largest absolute Gasteiger partial charge is 0.464 e. The Bertz CT molecular complexity index is 765. The zero-order valence-corrected chi connectivity index (χ0v) is 16.5. The number of fused-ring (bicyclic) bond motifs is 2. The molecule has 0 saturated carbocycles. The van der Waals surface area contributed by atoms with E-state index >= 15 is 0 Å². The Balaban J connectivity index is 1.86. The summed E-state index contributed by atoms with van der Waals surface area (Å²) >= 11 is 1.11. The van der Waals surface area contributed by atoms with Gasteiger partial charge in [-0.1, -0.05) is 18.7 Å². The lowest BCUT2D eigenvalue weighted by atomic mass is 9.92. The summed E-state index contributed by atoms with van der Waals surface area (Å²) in [5.74, 6) is 0.726. The van der Waals surface area contributed by atoms with Crippen LogP contribution in [-0.2, 0) is 32.1 Å². The summed E-state index contributed by atoms with van der Waals surface area (Å²) in [6.45, 7) is 5.70. The number of nitrogens with zero attached hydrogens (tertiary/aromatic N) is 1. The summed E-state index contributed by atoms with van der Waals surface area (Å²) < 4.78 is 16.0. The van der Waals surface area contributed by atoms with Crippen LogP contribution >= 0.6 is 11.8 Å². The fourth-order valence-electron chi connectivity index (χ4n) is 3.25. The molecule has 2 heterocycles. The van der Waals surface area contributed by atoms with Crippen LogP contribution in [0.1, 0.15) is 31.9 Å². The third kappa shape index (κ3) is 4.21. The molecule has 0 bridgehead atoms. The number of amides is 1. The molecule has 7 nitrogen and oxygen atoms in total. The van der Waals surface area contributed by atoms with Gasteiger partial charge in [0.25, 0.3) is 0 Å². The summed E-state index contributed by atoms with van der Waals surface area (Å²) in [7, 11) is 0. The SMILES string of the molecule is CCOC(=O)C1Cc2cc3c(cc2CN1C(=O)C(C)CSC(C)=O)OCO3. The zero-order chi connectivity index (χ0) is 19.6. The lowest BCUT2D eigenvalue weighted by molar-refractivity contribution is -0.157. The first-order valence-electron chi connectivity index (χ1n) is 8.92. The van der Waals surface area contributed by atoms with Gasteiger partial charge in [-0.3, -0.25) is 9.59 Å². The minimum atomic E-state index is -0.685. The number of carbonyl (C=O) groups excluding carboxylic acids is 3. The first-order chi connectivity index (χ1) is 12.9. The second kappa shape index (κ2) is 8.21. The molecule has 0 N–H and O–H groups in total. The third-order valence-corrected chi connectivity index (χ3v) is 5.70. The Kier molecular flexibility index (Phi) is 5.94. The van der Waals surface area contributed by atoms with Crippen molar-refractivity contribution >= 4 is 28.8 Å². The van der Waals surface area contributed by atoms with Crippen molar-refractivity contribution in [3.05, 3.63) is 23.3 Å². The van der Waals surface area contributed by atoms with Crippen LogP contribution in [0.25, 0.3) is 0 Å². The number of benzene rings is 1. The first kappa shape index (κ1) is 19.5. The highest BCUT2D eigenvalue weighted by atomic mass is 32.2. The predicted octanol–water partition coefficient (Wildman–Crippen LogP) is 2.15. The van der Waals surface area contributed by atoms with E-state index in [1.54, 1.807) is 18.7 Å². The quantitative estimate of drug-likeness (QED) is 0.709. The van der Waals surface area contributed by atoms with Gasteiger partial charge < -0.3 is 19.1 Å². The van der Waals surface area contributed by atoms with Crippen LogP contribution in [-0.4, -0.2) is 47.1 Å². The molecule has 146 valence electrons. The molecule has 0 radical (unpaired) electrons. The molecule has 0 aliphatic carbocycles. The highest BCUT2D eigenvalue weighted by Crippen LogP contribution is 2.38. The molecular weight excluding hydrogens is 370 g/mol. The maximum absolute atomic E-state index is 13.0. The molecule has 0 fully saturated rings. The highest BCUT2D eigenvalue weighted by molar-refractivity contribution is 8.13. The summed E-state index contributed by atoms with van der Waals surface area (Å²) in [4.78, 5) is 38.3. The van der Waals surface area contributed by atoms with Crippen molar-refractivity contribution in [2.45, 2.75) is 39.8 Å². The fraction of sp³-hybridized carbons (Fsp3) is 0.526. The number of hydrogen-bond acceptors (Lipinski definition) is 7. The predicted molar refractivity (Wildman–Crippen MR) is 99.5 cm³/mol. The molecule has 0 aromatic heterocycles. The summed E-state index contributed by atoms with van der Waals surface area (Å²) in [6, 6.07) is 3.06. The summed E-state index contributed by atoms with van der Waals surface area (Å²) in [5.41, 5.74) is 1.88. The van der Waals surface area contributed by atoms with Crippen molar-refractivity contribution < 1.29 is 28.6 Å². The molecule has 2 aliphatic heterocycles. The van der Waals surface area contributed by atoms with Crippen LogP contribution in [0.5, 0.6) is 11.5 Å². The molecular formula is C19H23NO6S. The molecule has 2 unspecified atom stereocenters. The molecule has 2 aliphatic rings. The lowest BCUT2D eigenvalue weighted by Gasteiger charge is -2.36. The van der Waals surface area contributed by atoms with Gasteiger partial charge in [0.1, 0.15) is 6.04 Å². The van der Waals surface area contributed by atoms with E-state index in [1.807, 2.05) is 12.1 Å². The normalized spacial score (nSPS) is 18.6. The van der Waals surface area contributed by atoms with Crippen LogP contribution in [0, 0.1) is 5.92 Å². The number of esters is 1. The average Bonchev–Trinajstić information content (AvgIpc) is 3.09. The van der Waals surface area contributed by atoms with Gasteiger partial charge in [-0.05, 0) is 30.2 Å². The molecule has 1 amide bonds. The van der Waals surface area contributed by atoms with E-state index in [4.69, 9.17) is 14.2 Å². The molecule has 2 atom stereocenters. The van der Waals surface area contributed by atoms with E-state index < -0.39 is 12.0 Å². The van der Waals surface area contributed by atoms with Crippen LogP contribution in [0.15, 0.2) is 12.1 Å². The van der Waals surface area contributed by atoms with E-state index in [9.17, 15) is 14.4 Å². The van der Waals surface area contributed by atoms with E-state index in [0.717, 1.165) is 22.9 Å². The molecule has 1 aromatic carbocycles. The topological polar surface area (TPSA) is 82.1 Å². The second-order valence-electron chi connectivity index (χ2n) is 6.62. The fourth-order valence-corrected chi connectivity index (χ4v) is 3.88. The number of hydrogen-bond donors (Lipinski definition) is 0. The van der Waals surface area contributed by atoms with Crippen molar-refractivity contribution in [1.82, 2.24) is 4.90 Å². The number of rotatable bonds is 5. The number of thioether (sulfide) groups is 1. The molecule has 3 rings (SSSR count). The van der Waals surface area contributed by atoms with E-state index in [1.165, 1.54) is 6.92 Å². The summed E-state index contributed by atoms with van der Waals surface area (Å²) in [6.07, 6.45) is 0.364. The number of ether oxygens (including phenoxy) is 3. The van der Waals surface area contributed by atoms with Gasteiger partial charge in [0, 0.05) is 31.6 Å². The van der Waals surface area contributed by atoms with E-state index in [2.05, 4.69) is 0 Å². The van der Waals surface area contributed by atoms with Crippen LogP contribution in [0.4, 0.5) is 0 Å². The van der Waals surface area contributed by atoms with Crippen LogP contribution < -0.4 is 9.47 Å². The first-order valence-corrected chi connectivity index (χ1v) is 9.91. The standard InChI is InChI=1S/C19H23NO6S/c1-4-24-19(23)15-5-13-6-16-17(26-10-25-16)7-14(13)8-20(15)18(22)11(2)9-27-12(3)21/h6-7,11,15H,4-5,8-10H2,1-3H3. The maximum Gasteiger partial charge on any atom is 0.329 e. The van der Waals surface area contributed by atoms with Crippen molar-refractivity contribution in [2.24, 2.45) is 5.92 Å². The van der Waals surface area contributed by atoms with Crippen LogP contribution in [0.2, 0.25) is 0 Å². The minimum absolute atomic E-state index is 0.0340. The van der Waals surface area contributed by atoms with Crippen molar-refractivity contribution in [1.29, 1.82) is 0 Å². The monoisotopic (exact) mass is 393 g/mol. The van der Waals surface area contributed by atoms with Gasteiger partial charge in [0.15, 0.2) is 16.6 Å². The average molecular weight is 393 g/mol. The molecule has 8 heteroatoms. The number of carbonyl (C=O) groups is 3. The molecule has 1 aromatic rings. The Morgan fingerprint density at radius 1 is 1.26 bits per heavy atom. The Labute approximate surface area is 162 Å². The zero-order valence-electron chi connectivity index (χ0n) is 15.6. The Morgan fingerprint density at radius 2 is 1.93 bits per heavy atom. The second-order valence-corrected chi connectivity index (χ2v) is 7.81. The molecule has 0 spiro atoms. The maximum atomic E-state index is 13.0. The highest BCUT2D eigenvalue weighted by Gasteiger charge is 2.38. The lowest BCUT2D eigenvalue weighted by Crippen LogP contribution is -2.51. The smallest absolute Gasteiger partial charge is 0.329 e. The van der Waals surface area contributed by atoms with Crippen molar-refractivity contribution in [3.8, 4) is 11.5 Å². The van der Waals surface area contributed by atoms with Crippen molar-refractivity contribution in [2.75, 3.05) is 19.2 Å². The minimum Gasteiger partial charge on any atom is -0.464 e. The summed E-state index contributed by atoms with van der Waals surface area (Å²) in [5, 5.41) is -0.0340. The van der Waals surface area contributed by atoms with Gasteiger partial charge in [-0.25, -0.2) is 4.79 Å². The van der Waals surface area contributed by atoms with Gasteiger partial charge in [-0.2, -0.15) is 0 Å². The van der Waals surface area contributed by atoms with Gasteiger partial charge in [-0.15, -0.1) is 0 Å². The van der Waals surface area contributed by atoms with Gasteiger partial charge >= 0.3 is 5.97 Å². The van der Waals surface area contributed by atoms with E-state index in [0.29, 0.717) is 30.2 Å². The van der Waals surface area contributed by atoms with Gasteiger partial charge in [0.05, 0.1) is 6.61 Å². The third-order valence-electron chi connectivity index (χ3n) is 4.62. The van der Waals surface area contributed by atoms with E-state index in [-0.39, 0.29) is 30.3 Å². The van der Waals surface area contributed by atoms with Crippen LogP contribution in [0.3, 0.4) is 0 Å². The Morgan fingerprint density at radius 3 is 2.56 bits per heavy atom.